The molecule has 0 heterocycles. The third-order valence-electron chi connectivity index (χ3n) is 3.07. The number of aromatic carboxylic acids is 1. The summed E-state index contributed by atoms with van der Waals surface area (Å²) in [6.45, 7) is 1.88. The molecule has 0 saturated carbocycles. The molecular formula is C16H18N2O2. The number of rotatable bonds is 4. The Labute approximate surface area is 118 Å². The van der Waals surface area contributed by atoms with Crippen LogP contribution in [0.25, 0.3) is 0 Å². The zero-order valence-electron chi connectivity index (χ0n) is 11.8. The molecule has 2 rings (SSSR count). The Kier molecular flexibility index (Phi) is 3.94. The summed E-state index contributed by atoms with van der Waals surface area (Å²) in [5.41, 5.74) is 3.76. The van der Waals surface area contributed by atoms with Gasteiger partial charge in [0.25, 0.3) is 0 Å². The van der Waals surface area contributed by atoms with E-state index < -0.39 is 5.97 Å². The Morgan fingerprint density at radius 2 is 1.75 bits per heavy atom. The van der Waals surface area contributed by atoms with Crippen LogP contribution in [0.5, 0.6) is 0 Å². The second-order valence-electron chi connectivity index (χ2n) is 4.92. The summed E-state index contributed by atoms with van der Waals surface area (Å²) >= 11 is 0. The van der Waals surface area contributed by atoms with Crippen LogP contribution < -0.4 is 10.2 Å². The molecule has 0 amide bonds. The molecular weight excluding hydrogens is 252 g/mol. The van der Waals surface area contributed by atoms with E-state index in [0.29, 0.717) is 5.69 Å². The van der Waals surface area contributed by atoms with Gasteiger partial charge in [0.15, 0.2) is 0 Å². The van der Waals surface area contributed by atoms with Crippen molar-refractivity contribution < 1.29 is 9.90 Å². The molecule has 0 bridgehead atoms. The van der Waals surface area contributed by atoms with Crippen LogP contribution in [0, 0.1) is 6.92 Å². The molecule has 4 nitrogen and oxygen atoms in total. The highest BCUT2D eigenvalue weighted by atomic mass is 16.4. The summed E-state index contributed by atoms with van der Waals surface area (Å²) in [6, 6.07) is 13.2. The van der Waals surface area contributed by atoms with E-state index in [0.717, 1.165) is 16.9 Å². The standard InChI is InChI=1S/C16H18N2O2/c1-11-4-9-15(14(10-11)16(19)20)17-12-5-7-13(8-6-12)18(2)3/h4-10,17H,1-3H3,(H,19,20). The SMILES string of the molecule is Cc1ccc(Nc2ccc(N(C)C)cc2)c(C(=O)O)c1. The van der Waals surface area contributed by atoms with Crippen LogP contribution in [0.2, 0.25) is 0 Å². The molecule has 0 unspecified atom stereocenters. The number of nitrogens with one attached hydrogen (secondary N) is 1. The fraction of sp³-hybridized carbons (Fsp3) is 0.188. The topological polar surface area (TPSA) is 52.6 Å². The number of hydrogen-bond acceptors (Lipinski definition) is 3. The lowest BCUT2D eigenvalue weighted by Crippen LogP contribution is -2.08. The third-order valence-corrected chi connectivity index (χ3v) is 3.07. The van der Waals surface area contributed by atoms with Gasteiger partial charge >= 0.3 is 5.97 Å². The summed E-state index contributed by atoms with van der Waals surface area (Å²) in [7, 11) is 3.95. The summed E-state index contributed by atoms with van der Waals surface area (Å²) in [5, 5.41) is 12.4. The maximum Gasteiger partial charge on any atom is 0.337 e. The van der Waals surface area contributed by atoms with Gasteiger partial charge in [-0.2, -0.15) is 0 Å². The number of carboxylic acid groups (broad SMARTS) is 1. The van der Waals surface area contributed by atoms with Crippen molar-refractivity contribution in [2.24, 2.45) is 0 Å². The lowest BCUT2D eigenvalue weighted by atomic mass is 10.1. The van der Waals surface area contributed by atoms with Gasteiger partial charge in [0.1, 0.15) is 0 Å². The van der Waals surface area contributed by atoms with Crippen molar-refractivity contribution >= 4 is 23.0 Å². The monoisotopic (exact) mass is 270 g/mol. The number of aryl methyl sites for hydroxylation is 1. The summed E-state index contributed by atoms with van der Waals surface area (Å²) in [6.07, 6.45) is 0. The van der Waals surface area contributed by atoms with Crippen LogP contribution in [-0.2, 0) is 0 Å². The van der Waals surface area contributed by atoms with E-state index in [-0.39, 0.29) is 5.56 Å². The minimum atomic E-state index is -0.930. The molecule has 0 atom stereocenters. The van der Waals surface area contributed by atoms with Crippen molar-refractivity contribution in [3.05, 3.63) is 53.6 Å². The molecule has 0 aromatic heterocycles. The van der Waals surface area contributed by atoms with Gasteiger partial charge in [0, 0.05) is 25.5 Å². The van der Waals surface area contributed by atoms with Gasteiger partial charge in [-0.25, -0.2) is 4.79 Å². The summed E-state index contributed by atoms with van der Waals surface area (Å²) < 4.78 is 0. The van der Waals surface area contributed by atoms with Gasteiger partial charge in [0.2, 0.25) is 0 Å². The minimum absolute atomic E-state index is 0.279. The zero-order chi connectivity index (χ0) is 14.7. The highest BCUT2D eigenvalue weighted by molar-refractivity contribution is 5.95. The van der Waals surface area contributed by atoms with Gasteiger partial charge in [-0.3, -0.25) is 0 Å². The maximum atomic E-state index is 11.3. The molecule has 0 fully saturated rings. The average Bonchev–Trinajstić information content (AvgIpc) is 2.41. The van der Waals surface area contributed by atoms with E-state index in [1.807, 2.05) is 56.3 Å². The van der Waals surface area contributed by atoms with Crippen LogP contribution in [0.1, 0.15) is 15.9 Å². The first kappa shape index (κ1) is 13.9. The number of hydrogen-bond donors (Lipinski definition) is 2. The lowest BCUT2D eigenvalue weighted by Gasteiger charge is -2.14. The average molecular weight is 270 g/mol. The molecule has 0 aliphatic rings. The van der Waals surface area contributed by atoms with E-state index in [1.165, 1.54) is 0 Å². The number of carbonyl (C=O) groups is 1. The quantitative estimate of drug-likeness (QED) is 0.892. The first-order valence-electron chi connectivity index (χ1n) is 6.36. The largest absolute Gasteiger partial charge is 0.478 e. The summed E-state index contributed by atoms with van der Waals surface area (Å²) in [4.78, 5) is 13.3. The molecule has 4 heteroatoms. The van der Waals surface area contributed by atoms with Gasteiger partial charge < -0.3 is 15.3 Å². The molecule has 0 saturated heterocycles. The van der Waals surface area contributed by atoms with E-state index in [2.05, 4.69) is 5.32 Å². The molecule has 0 spiro atoms. The van der Waals surface area contributed by atoms with Gasteiger partial charge in [-0.15, -0.1) is 0 Å². The first-order chi connectivity index (χ1) is 9.47. The number of benzene rings is 2. The van der Waals surface area contributed by atoms with E-state index in [4.69, 9.17) is 0 Å². The van der Waals surface area contributed by atoms with Crippen molar-refractivity contribution in [1.29, 1.82) is 0 Å². The van der Waals surface area contributed by atoms with Crippen molar-refractivity contribution in [2.45, 2.75) is 6.92 Å². The molecule has 0 aliphatic heterocycles. The number of carboxylic acids is 1. The predicted molar refractivity (Wildman–Crippen MR) is 82.2 cm³/mol. The Hall–Kier alpha value is -2.49. The fourth-order valence-corrected chi connectivity index (χ4v) is 1.94. The zero-order valence-corrected chi connectivity index (χ0v) is 11.8. The van der Waals surface area contributed by atoms with Crippen molar-refractivity contribution in [3.8, 4) is 0 Å². The summed E-state index contributed by atoms with van der Waals surface area (Å²) in [5.74, 6) is -0.930. The van der Waals surface area contributed by atoms with Crippen LogP contribution in [0.15, 0.2) is 42.5 Å². The maximum absolute atomic E-state index is 11.3. The number of nitrogens with zero attached hydrogens (tertiary/aromatic N) is 1. The van der Waals surface area contributed by atoms with Crippen LogP contribution >= 0.6 is 0 Å². The predicted octanol–water partition coefficient (Wildman–Crippen LogP) is 3.50. The fourth-order valence-electron chi connectivity index (χ4n) is 1.94. The highest BCUT2D eigenvalue weighted by Gasteiger charge is 2.10. The van der Waals surface area contributed by atoms with Crippen LogP contribution in [-0.4, -0.2) is 25.2 Å². The smallest absolute Gasteiger partial charge is 0.337 e. The van der Waals surface area contributed by atoms with Crippen molar-refractivity contribution in [3.63, 3.8) is 0 Å². The van der Waals surface area contributed by atoms with Gasteiger partial charge in [0.05, 0.1) is 11.3 Å². The molecule has 20 heavy (non-hydrogen) atoms. The first-order valence-corrected chi connectivity index (χ1v) is 6.36. The Morgan fingerprint density at radius 1 is 1.10 bits per heavy atom. The Balaban J connectivity index is 2.28. The molecule has 2 N–H and O–H groups in total. The molecule has 0 radical (unpaired) electrons. The molecule has 0 aliphatic carbocycles. The van der Waals surface area contributed by atoms with E-state index >= 15 is 0 Å². The molecule has 2 aromatic rings. The van der Waals surface area contributed by atoms with Crippen LogP contribution in [0.3, 0.4) is 0 Å². The van der Waals surface area contributed by atoms with Crippen LogP contribution in [0.4, 0.5) is 17.1 Å². The minimum Gasteiger partial charge on any atom is -0.478 e. The van der Waals surface area contributed by atoms with Gasteiger partial charge in [-0.1, -0.05) is 11.6 Å². The lowest BCUT2D eigenvalue weighted by molar-refractivity contribution is 0.0698. The third kappa shape index (κ3) is 3.09. The normalized spacial score (nSPS) is 10.2. The molecule has 2 aromatic carbocycles. The van der Waals surface area contributed by atoms with Crippen molar-refractivity contribution in [2.75, 3.05) is 24.3 Å². The van der Waals surface area contributed by atoms with E-state index in [9.17, 15) is 9.90 Å². The van der Waals surface area contributed by atoms with E-state index in [1.54, 1.807) is 12.1 Å². The van der Waals surface area contributed by atoms with Crippen molar-refractivity contribution in [1.82, 2.24) is 0 Å². The number of anilines is 3. The molecule has 104 valence electrons. The highest BCUT2D eigenvalue weighted by Crippen LogP contribution is 2.24. The van der Waals surface area contributed by atoms with Gasteiger partial charge in [-0.05, 0) is 43.3 Å². The Morgan fingerprint density at radius 3 is 2.30 bits per heavy atom. The second kappa shape index (κ2) is 5.65. The Bertz CT molecular complexity index is 619. The second-order valence-corrected chi connectivity index (χ2v) is 4.92.